The number of pyridine rings is 1. The van der Waals surface area contributed by atoms with Crippen molar-refractivity contribution in [1.29, 1.82) is 0 Å². The van der Waals surface area contributed by atoms with E-state index in [1.807, 2.05) is 6.07 Å². The largest absolute Gasteiger partial charge is 0.506 e. The lowest BCUT2D eigenvalue weighted by Crippen LogP contribution is -2.45. The number of hydrogen-bond donors (Lipinski definition) is 7. The highest BCUT2D eigenvalue weighted by molar-refractivity contribution is 6.33. The van der Waals surface area contributed by atoms with Gasteiger partial charge in [-0.15, -0.1) is 0 Å². The number of aliphatic hydroxyl groups is 2. The normalized spacial score (nSPS) is 18.9. The number of methoxy groups -OCH3 is 1. The van der Waals surface area contributed by atoms with Gasteiger partial charge in [0.15, 0.2) is 6.10 Å². The molecule has 56 heavy (non-hydrogen) atoms. The summed E-state index contributed by atoms with van der Waals surface area (Å²) in [7, 11) is 1.51. The van der Waals surface area contributed by atoms with Crippen LogP contribution in [0.3, 0.4) is 0 Å². The number of hydrogen-bond acceptors (Lipinski definition) is 11. The number of amides is 1. The fourth-order valence-electron chi connectivity index (χ4n) is 8.13. The number of fused-ring (bicyclic) bond motifs is 1. The number of aromatic amines is 1. The van der Waals surface area contributed by atoms with Crippen molar-refractivity contribution in [3.8, 4) is 11.5 Å². The number of H-pyrrole nitrogens is 1. The lowest BCUT2D eigenvalue weighted by Gasteiger charge is -2.41. The van der Waals surface area contributed by atoms with Crippen LogP contribution in [0.2, 0.25) is 5.02 Å². The van der Waals surface area contributed by atoms with Gasteiger partial charge in [0.1, 0.15) is 17.1 Å². The number of aliphatic hydroxyl groups excluding tert-OH is 2. The summed E-state index contributed by atoms with van der Waals surface area (Å²) in [6, 6.07) is 18.5. The van der Waals surface area contributed by atoms with Crippen LogP contribution in [0.1, 0.15) is 86.7 Å². The maximum Gasteiger partial charge on any atom is 0.411 e. The molecule has 2 atom stereocenters. The molecule has 2 saturated carbocycles. The summed E-state index contributed by atoms with van der Waals surface area (Å²) < 4.78 is 17.1. The highest BCUT2D eigenvalue weighted by atomic mass is 35.5. The molecular formula is C42H51ClN4O9. The van der Waals surface area contributed by atoms with Crippen molar-refractivity contribution in [2.45, 2.75) is 88.2 Å². The highest BCUT2D eigenvalue weighted by Gasteiger charge is 2.46. The first kappa shape index (κ1) is 41.0. The van der Waals surface area contributed by atoms with Crippen molar-refractivity contribution in [3.63, 3.8) is 0 Å². The van der Waals surface area contributed by atoms with E-state index < -0.39 is 29.9 Å². The van der Waals surface area contributed by atoms with Gasteiger partial charge in [0.05, 0.1) is 36.0 Å². The molecule has 1 amide bonds. The predicted octanol–water partition coefficient (Wildman–Crippen LogP) is 6.40. The number of carbonyl (C=O) groups excluding carboxylic acids is 2. The maximum atomic E-state index is 13.0. The van der Waals surface area contributed by atoms with Crippen molar-refractivity contribution in [3.05, 3.63) is 98.8 Å². The molecule has 6 rings (SSSR count). The van der Waals surface area contributed by atoms with E-state index in [-0.39, 0.29) is 40.9 Å². The molecule has 2 aliphatic carbocycles. The minimum absolute atomic E-state index is 0.0844. The monoisotopic (exact) mass is 790 g/mol. The van der Waals surface area contributed by atoms with Gasteiger partial charge in [-0.25, -0.2) is 9.59 Å². The number of aromatic hydroxyl groups is 1. The highest BCUT2D eigenvalue weighted by Crippen LogP contribution is 2.46. The third-order valence-electron chi connectivity index (χ3n) is 11.1. The smallest absolute Gasteiger partial charge is 0.411 e. The number of rotatable bonds is 16. The van der Waals surface area contributed by atoms with Crippen LogP contribution in [-0.4, -0.2) is 70.8 Å². The van der Waals surface area contributed by atoms with Gasteiger partial charge in [-0.05, 0) is 99.6 Å². The SMILES string of the molecule is COc1cc(NC(=O)OCCCNC2CCC(C3(OC(=O)[C@H](O)c4ccccc4)CCCC3)CC2)c(Cl)cc1CNCC(O)c1ccc(O)c2[nH]c(=O)ccc12. The summed E-state index contributed by atoms with van der Waals surface area (Å²) in [4.78, 5) is 40.0. The maximum absolute atomic E-state index is 13.0. The number of ether oxygens (including phenoxy) is 3. The quantitative estimate of drug-likeness (QED) is 0.0491. The minimum atomic E-state index is -1.28. The van der Waals surface area contributed by atoms with Crippen LogP contribution in [0.15, 0.2) is 71.5 Å². The van der Waals surface area contributed by atoms with Crippen LogP contribution in [-0.2, 0) is 20.8 Å². The summed E-state index contributed by atoms with van der Waals surface area (Å²) >= 11 is 6.53. The fraction of sp³-hybridized carbons (Fsp3) is 0.452. The average molecular weight is 791 g/mol. The fourth-order valence-corrected chi connectivity index (χ4v) is 8.36. The molecule has 0 bridgehead atoms. The predicted molar refractivity (Wildman–Crippen MR) is 213 cm³/mol. The van der Waals surface area contributed by atoms with Gasteiger partial charge in [0, 0.05) is 42.2 Å². The number of aromatic nitrogens is 1. The zero-order chi connectivity index (χ0) is 39.7. The van der Waals surface area contributed by atoms with Gasteiger partial charge < -0.3 is 45.1 Å². The van der Waals surface area contributed by atoms with Crippen molar-refractivity contribution in [1.82, 2.24) is 15.6 Å². The average Bonchev–Trinajstić information content (AvgIpc) is 3.68. The van der Waals surface area contributed by atoms with E-state index in [9.17, 15) is 29.7 Å². The Bertz CT molecular complexity index is 2010. The molecule has 13 nitrogen and oxygen atoms in total. The van der Waals surface area contributed by atoms with Crippen molar-refractivity contribution in [2.75, 3.05) is 32.1 Å². The Morgan fingerprint density at radius 2 is 1.75 bits per heavy atom. The molecule has 1 heterocycles. The van der Waals surface area contributed by atoms with Crippen LogP contribution >= 0.6 is 11.6 Å². The number of esters is 1. The van der Waals surface area contributed by atoms with Crippen LogP contribution < -0.4 is 26.2 Å². The van der Waals surface area contributed by atoms with Gasteiger partial charge in [0.25, 0.3) is 0 Å². The first-order chi connectivity index (χ1) is 27.1. The minimum Gasteiger partial charge on any atom is -0.506 e. The number of carbonyl (C=O) groups is 2. The van der Waals surface area contributed by atoms with E-state index in [1.165, 1.54) is 19.2 Å². The van der Waals surface area contributed by atoms with Gasteiger partial charge in [-0.3, -0.25) is 10.1 Å². The first-order valence-corrected chi connectivity index (χ1v) is 19.7. The van der Waals surface area contributed by atoms with Gasteiger partial charge in [0.2, 0.25) is 5.56 Å². The molecule has 2 fully saturated rings. The van der Waals surface area contributed by atoms with Crippen molar-refractivity contribution < 1.29 is 39.1 Å². The first-order valence-electron chi connectivity index (χ1n) is 19.3. The molecule has 1 unspecified atom stereocenters. The Hall–Kier alpha value is -4.66. The topological polar surface area (TPSA) is 191 Å². The Kier molecular flexibility index (Phi) is 13.9. The molecule has 1 aromatic heterocycles. The zero-order valence-corrected chi connectivity index (χ0v) is 32.3. The molecule has 2 aliphatic rings. The molecule has 14 heteroatoms. The third kappa shape index (κ3) is 10.0. The number of nitrogens with one attached hydrogen (secondary N) is 4. The zero-order valence-electron chi connectivity index (χ0n) is 31.5. The molecule has 3 aromatic carbocycles. The van der Waals surface area contributed by atoms with Gasteiger partial charge in [-0.2, -0.15) is 0 Å². The number of phenols is 1. The van der Waals surface area contributed by atoms with E-state index in [2.05, 4.69) is 20.9 Å². The van der Waals surface area contributed by atoms with E-state index in [4.69, 9.17) is 25.8 Å². The second kappa shape index (κ2) is 19.0. The van der Waals surface area contributed by atoms with E-state index in [0.717, 1.165) is 51.4 Å². The molecular weight excluding hydrogens is 740 g/mol. The molecule has 0 aliphatic heterocycles. The van der Waals surface area contributed by atoms with Crippen LogP contribution in [0, 0.1) is 5.92 Å². The molecule has 300 valence electrons. The molecule has 0 spiro atoms. The van der Waals surface area contributed by atoms with E-state index in [1.54, 1.807) is 48.5 Å². The molecule has 0 radical (unpaired) electrons. The number of anilines is 1. The molecule has 4 aromatic rings. The summed E-state index contributed by atoms with van der Waals surface area (Å²) in [5.41, 5.74) is 1.50. The second-order valence-electron chi connectivity index (χ2n) is 14.7. The number of halogens is 1. The van der Waals surface area contributed by atoms with Crippen molar-refractivity contribution in [2.24, 2.45) is 5.92 Å². The Morgan fingerprint density at radius 3 is 2.48 bits per heavy atom. The van der Waals surface area contributed by atoms with E-state index in [0.29, 0.717) is 59.1 Å². The Morgan fingerprint density at radius 1 is 1.00 bits per heavy atom. The molecule has 7 N–H and O–H groups in total. The Labute approximate surface area is 330 Å². The van der Waals surface area contributed by atoms with Crippen molar-refractivity contribution >= 4 is 40.3 Å². The number of phenolic OH excluding ortho intramolecular Hbond substituents is 1. The van der Waals surface area contributed by atoms with Crippen LogP contribution in [0.4, 0.5) is 10.5 Å². The third-order valence-corrected chi connectivity index (χ3v) is 11.4. The number of benzene rings is 3. The summed E-state index contributed by atoms with van der Waals surface area (Å²) in [6.07, 6.45) is 5.25. The summed E-state index contributed by atoms with van der Waals surface area (Å²) in [5, 5.41) is 42.0. The summed E-state index contributed by atoms with van der Waals surface area (Å²) in [5.74, 6) is 0.0856. The van der Waals surface area contributed by atoms with E-state index >= 15 is 0 Å². The molecule has 0 saturated heterocycles. The van der Waals surface area contributed by atoms with Crippen LogP contribution in [0.25, 0.3) is 10.9 Å². The second-order valence-corrected chi connectivity index (χ2v) is 15.1. The standard InChI is InChI=1S/C42H51ClN4O9/c1-54-36-23-33(32(43)22-27(36)24-44-25-35(49)30-14-16-34(48)38-31(30)15-17-37(50)47-38)46-41(53)55-21-7-20-45-29-12-10-28(11-13-29)42(18-5-6-19-42)56-40(52)39(51)26-8-3-2-4-9-26/h2-4,8-9,14-17,22-23,28-29,35,39,44-45,48-49,51H,5-7,10-13,18-21,24-25H2,1H3,(H,46,53)(H,47,50)/t28?,29?,35?,39-/m1/s1. The summed E-state index contributed by atoms with van der Waals surface area (Å²) in [6.45, 7) is 1.34. The van der Waals surface area contributed by atoms with Gasteiger partial charge >= 0.3 is 12.1 Å². The van der Waals surface area contributed by atoms with Crippen LogP contribution in [0.5, 0.6) is 11.5 Å². The lowest BCUT2D eigenvalue weighted by molar-refractivity contribution is -0.178. The van der Waals surface area contributed by atoms with Gasteiger partial charge in [-0.1, -0.05) is 48.0 Å². The Balaban J connectivity index is 0.904. The lowest BCUT2D eigenvalue weighted by atomic mass is 9.74.